The molecule has 0 atom stereocenters. The Hall–Kier alpha value is -3.14. The lowest BCUT2D eigenvalue weighted by Gasteiger charge is -2.24. The molecule has 4 heteroatoms. The molecule has 1 saturated carbocycles. The second kappa shape index (κ2) is 9.12. The average molecular weight is 402 g/mol. The Labute approximate surface area is 177 Å². The summed E-state index contributed by atoms with van der Waals surface area (Å²) in [6, 6.07) is 16.0. The maximum atomic E-state index is 12.7. The molecule has 0 amide bonds. The van der Waals surface area contributed by atoms with Crippen molar-refractivity contribution in [2.24, 2.45) is 0 Å². The minimum Gasteiger partial charge on any atom is -0.490 e. The van der Waals surface area contributed by atoms with Crippen LogP contribution in [0.15, 0.2) is 54.7 Å². The molecule has 1 fully saturated rings. The number of hydrogen-bond acceptors (Lipinski definition) is 4. The Morgan fingerprint density at radius 1 is 1.07 bits per heavy atom. The number of carbonyl (C=O) groups excluding carboxylic acids is 1. The van der Waals surface area contributed by atoms with Crippen LogP contribution in [-0.2, 0) is 9.53 Å². The number of rotatable bonds is 5. The van der Waals surface area contributed by atoms with Crippen molar-refractivity contribution < 1.29 is 14.3 Å². The van der Waals surface area contributed by atoms with Crippen molar-refractivity contribution in [3.63, 3.8) is 0 Å². The van der Waals surface area contributed by atoms with Gasteiger partial charge in [0.15, 0.2) is 0 Å². The van der Waals surface area contributed by atoms with E-state index >= 15 is 0 Å². The van der Waals surface area contributed by atoms with E-state index in [2.05, 4.69) is 23.2 Å². The van der Waals surface area contributed by atoms with E-state index in [1.165, 1.54) is 26.4 Å². The molecular formula is C26H27NO3. The fourth-order valence-corrected chi connectivity index (χ4v) is 4.02. The normalized spacial score (nSPS) is 15.2. The lowest BCUT2D eigenvalue weighted by Crippen LogP contribution is -2.20. The van der Waals surface area contributed by atoms with Crippen LogP contribution in [0, 0.1) is 6.92 Å². The summed E-state index contributed by atoms with van der Waals surface area (Å²) in [5, 5.41) is 2.20. The highest BCUT2D eigenvalue weighted by molar-refractivity contribution is 6.22. The largest absolute Gasteiger partial charge is 0.490 e. The summed E-state index contributed by atoms with van der Waals surface area (Å²) in [5.74, 6) is 0.377. The van der Waals surface area contributed by atoms with Crippen molar-refractivity contribution >= 4 is 28.4 Å². The van der Waals surface area contributed by atoms with Gasteiger partial charge in [0.25, 0.3) is 0 Å². The van der Waals surface area contributed by atoms with Gasteiger partial charge in [-0.3, -0.25) is 4.98 Å². The molecule has 4 rings (SSSR count). The maximum Gasteiger partial charge on any atom is 0.340 e. The van der Waals surface area contributed by atoms with Gasteiger partial charge in [-0.2, -0.15) is 0 Å². The summed E-state index contributed by atoms with van der Waals surface area (Å²) in [4.78, 5) is 17.2. The predicted octanol–water partition coefficient (Wildman–Crippen LogP) is 5.97. The number of benzene rings is 2. The second-order valence-electron chi connectivity index (χ2n) is 7.83. The molecule has 0 bridgehead atoms. The SMILES string of the molecule is COC(=O)/C(=C/c1cccc2ccccc12)c1cc(OC2CCCCC2)c(C)cn1. The molecule has 0 unspecified atom stereocenters. The molecule has 4 nitrogen and oxygen atoms in total. The third-order valence-electron chi connectivity index (χ3n) is 5.70. The number of hydrogen-bond donors (Lipinski definition) is 0. The summed E-state index contributed by atoms with van der Waals surface area (Å²) in [6.07, 6.45) is 9.70. The molecule has 0 spiro atoms. The molecule has 154 valence electrons. The van der Waals surface area contributed by atoms with E-state index in [-0.39, 0.29) is 6.10 Å². The highest BCUT2D eigenvalue weighted by atomic mass is 16.5. The Balaban J connectivity index is 1.74. The van der Waals surface area contributed by atoms with Crippen molar-refractivity contribution in [3.05, 3.63) is 71.5 Å². The van der Waals surface area contributed by atoms with E-state index in [9.17, 15) is 4.79 Å². The Morgan fingerprint density at radius 2 is 1.83 bits per heavy atom. The van der Waals surface area contributed by atoms with E-state index in [0.29, 0.717) is 11.3 Å². The number of esters is 1. The number of aryl methyl sites for hydroxylation is 1. The van der Waals surface area contributed by atoms with Gasteiger partial charge >= 0.3 is 5.97 Å². The minimum absolute atomic E-state index is 0.233. The highest BCUT2D eigenvalue weighted by Crippen LogP contribution is 2.30. The van der Waals surface area contributed by atoms with E-state index in [4.69, 9.17) is 9.47 Å². The van der Waals surface area contributed by atoms with Gasteiger partial charge in [0.05, 0.1) is 24.5 Å². The van der Waals surface area contributed by atoms with Gasteiger partial charge in [-0.1, -0.05) is 48.9 Å². The van der Waals surface area contributed by atoms with Crippen LogP contribution in [-0.4, -0.2) is 24.2 Å². The summed E-state index contributed by atoms with van der Waals surface area (Å²) < 4.78 is 11.4. The van der Waals surface area contributed by atoms with Crippen molar-refractivity contribution in [2.75, 3.05) is 7.11 Å². The van der Waals surface area contributed by atoms with Crippen LogP contribution in [0.4, 0.5) is 0 Å². The number of pyridine rings is 1. The molecule has 1 aromatic heterocycles. The first-order valence-electron chi connectivity index (χ1n) is 10.6. The van der Waals surface area contributed by atoms with Crippen molar-refractivity contribution in [2.45, 2.75) is 45.1 Å². The number of aromatic nitrogens is 1. The molecule has 1 aliphatic carbocycles. The summed E-state index contributed by atoms with van der Waals surface area (Å²) in [7, 11) is 1.40. The topological polar surface area (TPSA) is 48.4 Å². The number of fused-ring (bicyclic) bond motifs is 1. The van der Waals surface area contributed by atoms with Gasteiger partial charge in [0.2, 0.25) is 0 Å². The number of methoxy groups -OCH3 is 1. The molecule has 0 N–H and O–H groups in total. The van der Waals surface area contributed by atoms with E-state index in [1.807, 2.05) is 43.3 Å². The van der Waals surface area contributed by atoms with E-state index in [1.54, 1.807) is 6.20 Å². The van der Waals surface area contributed by atoms with Crippen LogP contribution in [0.25, 0.3) is 22.4 Å². The predicted molar refractivity (Wildman–Crippen MR) is 120 cm³/mol. The van der Waals surface area contributed by atoms with Gasteiger partial charge < -0.3 is 9.47 Å². The lowest BCUT2D eigenvalue weighted by atomic mass is 9.97. The van der Waals surface area contributed by atoms with Gasteiger partial charge in [-0.15, -0.1) is 0 Å². The summed E-state index contributed by atoms with van der Waals surface area (Å²) in [5.41, 5.74) is 2.90. The van der Waals surface area contributed by atoms with Crippen LogP contribution < -0.4 is 4.74 Å². The van der Waals surface area contributed by atoms with E-state index in [0.717, 1.165) is 40.5 Å². The fourth-order valence-electron chi connectivity index (χ4n) is 4.02. The van der Waals surface area contributed by atoms with Crippen molar-refractivity contribution in [3.8, 4) is 5.75 Å². The molecule has 0 saturated heterocycles. The van der Waals surface area contributed by atoms with Gasteiger partial charge in [0, 0.05) is 17.8 Å². The smallest absolute Gasteiger partial charge is 0.340 e. The Morgan fingerprint density at radius 3 is 2.63 bits per heavy atom. The Kier molecular flexibility index (Phi) is 6.12. The van der Waals surface area contributed by atoms with E-state index < -0.39 is 5.97 Å². The maximum absolute atomic E-state index is 12.7. The number of ether oxygens (including phenoxy) is 2. The van der Waals surface area contributed by atoms with Crippen molar-refractivity contribution in [1.82, 2.24) is 4.98 Å². The second-order valence-corrected chi connectivity index (χ2v) is 7.83. The minimum atomic E-state index is -0.414. The standard InChI is InChI=1S/C26H27NO3/c1-18-17-27-24(16-25(18)30-21-12-4-3-5-13-21)23(26(28)29-2)15-20-11-8-10-19-9-6-7-14-22(19)20/h6-11,14-17,21H,3-5,12-13H2,1-2H3/b23-15+. The summed E-state index contributed by atoms with van der Waals surface area (Å²) in [6.45, 7) is 1.99. The highest BCUT2D eigenvalue weighted by Gasteiger charge is 2.19. The molecule has 1 aliphatic rings. The molecular weight excluding hydrogens is 374 g/mol. The fraction of sp³-hybridized carbons (Fsp3) is 0.308. The third kappa shape index (κ3) is 4.38. The molecule has 3 aromatic rings. The lowest BCUT2D eigenvalue weighted by molar-refractivity contribution is -0.133. The third-order valence-corrected chi connectivity index (χ3v) is 5.70. The monoisotopic (exact) mass is 401 g/mol. The molecule has 0 radical (unpaired) electrons. The Bertz CT molecular complexity index is 1080. The van der Waals surface area contributed by atoms with Crippen LogP contribution in [0.2, 0.25) is 0 Å². The first-order chi connectivity index (χ1) is 14.7. The average Bonchev–Trinajstić information content (AvgIpc) is 2.79. The van der Waals surface area contributed by atoms with Crippen LogP contribution in [0.5, 0.6) is 5.75 Å². The molecule has 2 aromatic carbocycles. The molecule has 0 aliphatic heterocycles. The van der Waals surface area contributed by atoms with Gasteiger partial charge in [0.1, 0.15) is 5.75 Å². The van der Waals surface area contributed by atoms with Crippen molar-refractivity contribution in [1.29, 1.82) is 0 Å². The van der Waals surface area contributed by atoms with Crippen LogP contribution in [0.1, 0.15) is 48.9 Å². The molecule has 30 heavy (non-hydrogen) atoms. The quantitative estimate of drug-likeness (QED) is 0.390. The van der Waals surface area contributed by atoms with Gasteiger partial charge in [-0.05, 0) is 55.0 Å². The summed E-state index contributed by atoms with van der Waals surface area (Å²) >= 11 is 0. The van der Waals surface area contributed by atoms with Crippen LogP contribution >= 0.6 is 0 Å². The zero-order chi connectivity index (χ0) is 20.9. The van der Waals surface area contributed by atoms with Crippen LogP contribution in [0.3, 0.4) is 0 Å². The first-order valence-corrected chi connectivity index (χ1v) is 10.6. The number of nitrogens with zero attached hydrogens (tertiary/aromatic N) is 1. The number of carbonyl (C=O) groups is 1. The van der Waals surface area contributed by atoms with Gasteiger partial charge in [-0.25, -0.2) is 4.79 Å². The first kappa shape index (κ1) is 20.1. The molecule has 1 heterocycles. The zero-order valence-corrected chi connectivity index (χ0v) is 17.6. The zero-order valence-electron chi connectivity index (χ0n) is 17.6.